The molecule has 0 aromatic carbocycles. The van der Waals surface area contributed by atoms with Gasteiger partial charge in [0.1, 0.15) is 35.8 Å². The van der Waals surface area contributed by atoms with Crippen molar-refractivity contribution >= 4 is 11.9 Å². The summed E-state index contributed by atoms with van der Waals surface area (Å²) in [5.74, 6) is -0.461. The van der Waals surface area contributed by atoms with Gasteiger partial charge in [0.25, 0.3) is 0 Å². The summed E-state index contributed by atoms with van der Waals surface area (Å²) in [6.07, 6.45) is 0. The Bertz CT molecular complexity index is 1340. The molecule has 5 rings (SSSR count). The summed E-state index contributed by atoms with van der Waals surface area (Å²) in [5, 5.41) is 0. The Morgan fingerprint density at radius 3 is 1.22 bits per heavy atom. The summed E-state index contributed by atoms with van der Waals surface area (Å²) in [5.41, 5.74) is 4.50. The molecule has 0 fully saturated rings. The third-order valence-corrected chi connectivity index (χ3v) is 6.78. The SMILES string of the molecule is COC(=O)c1c2cccccc-2c2c1OCCOCCOCCOCCOc1c(C(=O)OC)c3cccccc-3c1-2. The normalized spacial score (nSPS) is 15.1. The number of carbonyl (C=O) groups is 2. The molecule has 0 unspecified atom stereocenters. The van der Waals surface area contributed by atoms with Crippen LogP contribution in [0.25, 0.3) is 33.4 Å². The number of hydrogen-bond acceptors (Lipinski definition) is 9. The molecule has 41 heavy (non-hydrogen) atoms. The van der Waals surface area contributed by atoms with Gasteiger partial charge in [0.2, 0.25) is 0 Å². The van der Waals surface area contributed by atoms with Crippen LogP contribution in [0.2, 0.25) is 0 Å². The minimum atomic E-state index is -0.548. The van der Waals surface area contributed by atoms with E-state index in [4.69, 9.17) is 33.2 Å². The molecular weight excluding hydrogens is 528 g/mol. The van der Waals surface area contributed by atoms with Crippen LogP contribution >= 0.6 is 0 Å². The zero-order chi connectivity index (χ0) is 28.6. The van der Waals surface area contributed by atoms with Crippen molar-refractivity contribution in [1.82, 2.24) is 0 Å². The van der Waals surface area contributed by atoms with Gasteiger partial charge in [0.05, 0.1) is 53.9 Å². The maximum atomic E-state index is 13.3. The van der Waals surface area contributed by atoms with E-state index in [1.165, 1.54) is 14.2 Å². The van der Waals surface area contributed by atoms with Crippen LogP contribution in [0, 0.1) is 0 Å². The van der Waals surface area contributed by atoms with Crippen LogP contribution in [-0.4, -0.2) is 79.0 Å². The average Bonchev–Trinajstić information content (AvgIpc) is 3.18. The summed E-state index contributed by atoms with van der Waals surface area (Å²) < 4.78 is 40.1. The van der Waals surface area contributed by atoms with E-state index >= 15 is 0 Å². The molecule has 0 atom stereocenters. The number of hydrogen-bond donors (Lipinski definition) is 0. The van der Waals surface area contributed by atoms with Crippen LogP contribution in [0.5, 0.6) is 11.5 Å². The van der Waals surface area contributed by atoms with Gasteiger partial charge in [0.15, 0.2) is 0 Å². The molecule has 5 aliphatic rings. The fraction of sp³-hybridized carbons (Fsp3) is 0.312. The first kappa shape index (κ1) is 28.4. The standard InChI is InChI=1S/C32H32O9/c1-35-31(33)27-23-11-7-3-5-9-21(23)25-26-22-10-6-4-8-12-24(22)28(32(34)36-2)30(26)41-20-18-39-16-14-37-13-15-38-17-19-40-29(25)27/h3-12H,13-20H2,1-2H3. The highest BCUT2D eigenvalue weighted by atomic mass is 16.6. The number of carbonyl (C=O) groups excluding carboxylic acids is 2. The van der Waals surface area contributed by atoms with Gasteiger partial charge in [-0.1, -0.05) is 60.7 Å². The third-order valence-electron chi connectivity index (χ3n) is 6.78. The third kappa shape index (κ3) is 5.83. The molecule has 9 heteroatoms. The first-order chi connectivity index (χ1) is 20.2. The van der Waals surface area contributed by atoms with Crippen LogP contribution in [-0.2, 0) is 23.7 Å². The van der Waals surface area contributed by atoms with Crippen LogP contribution in [0.1, 0.15) is 20.7 Å². The molecule has 0 aromatic heterocycles. The first-order valence-electron chi connectivity index (χ1n) is 13.4. The van der Waals surface area contributed by atoms with E-state index < -0.39 is 11.9 Å². The number of ether oxygens (including phenoxy) is 7. The van der Waals surface area contributed by atoms with Gasteiger partial charge >= 0.3 is 11.9 Å². The van der Waals surface area contributed by atoms with Crippen molar-refractivity contribution < 1.29 is 42.7 Å². The topological polar surface area (TPSA) is 98.8 Å². The maximum Gasteiger partial charge on any atom is 0.342 e. The fourth-order valence-electron chi connectivity index (χ4n) is 5.05. The summed E-state index contributed by atoms with van der Waals surface area (Å²) >= 11 is 0. The highest BCUT2D eigenvalue weighted by Gasteiger charge is 2.37. The lowest BCUT2D eigenvalue weighted by molar-refractivity contribution is 0.00508. The Morgan fingerprint density at radius 2 is 0.854 bits per heavy atom. The van der Waals surface area contributed by atoms with Gasteiger partial charge in [-0.05, 0) is 11.1 Å². The number of esters is 2. The van der Waals surface area contributed by atoms with Crippen molar-refractivity contribution in [2.75, 3.05) is 67.1 Å². The lowest BCUT2D eigenvalue weighted by atomic mass is 9.99. The monoisotopic (exact) mass is 560 g/mol. The average molecular weight is 561 g/mol. The lowest BCUT2D eigenvalue weighted by Crippen LogP contribution is -2.14. The van der Waals surface area contributed by atoms with E-state index in [-0.39, 0.29) is 37.6 Å². The highest BCUT2D eigenvalue weighted by molar-refractivity contribution is 6.16. The van der Waals surface area contributed by atoms with Gasteiger partial charge in [-0.2, -0.15) is 0 Å². The molecule has 1 aliphatic heterocycles. The quantitative estimate of drug-likeness (QED) is 0.315. The largest absolute Gasteiger partial charge is 0.490 e. The molecule has 0 saturated heterocycles. The number of methoxy groups -OCH3 is 2. The Labute approximate surface area is 238 Å². The van der Waals surface area contributed by atoms with Crippen molar-refractivity contribution in [3.05, 3.63) is 71.8 Å². The van der Waals surface area contributed by atoms with Gasteiger partial charge in [-0.25, -0.2) is 9.59 Å². The molecule has 0 amide bonds. The van der Waals surface area contributed by atoms with Crippen molar-refractivity contribution in [3.63, 3.8) is 0 Å². The van der Waals surface area contributed by atoms with E-state index in [2.05, 4.69) is 0 Å². The molecule has 1 heterocycles. The molecule has 4 aliphatic carbocycles. The first-order valence-corrected chi connectivity index (χ1v) is 13.4. The van der Waals surface area contributed by atoms with E-state index in [1.807, 2.05) is 60.7 Å². The van der Waals surface area contributed by atoms with Gasteiger partial charge in [-0.3, -0.25) is 0 Å². The molecule has 0 N–H and O–H groups in total. The minimum absolute atomic E-state index is 0.162. The second-order valence-corrected chi connectivity index (χ2v) is 9.15. The number of rotatable bonds is 2. The smallest absolute Gasteiger partial charge is 0.342 e. The van der Waals surface area contributed by atoms with Crippen LogP contribution in [0.4, 0.5) is 0 Å². The van der Waals surface area contributed by atoms with Crippen LogP contribution < -0.4 is 9.47 Å². The molecule has 0 aromatic rings. The minimum Gasteiger partial charge on any atom is -0.490 e. The molecular formula is C32H32O9. The summed E-state index contributed by atoms with van der Waals surface area (Å²) in [6, 6.07) is 18.7. The number of fused-ring (bicyclic) bond motifs is 7. The Kier molecular flexibility index (Phi) is 9.30. The van der Waals surface area contributed by atoms with Gasteiger partial charge in [0, 0.05) is 22.3 Å². The zero-order valence-electron chi connectivity index (χ0n) is 23.1. The molecule has 0 bridgehead atoms. The van der Waals surface area contributed by atoms with Crippen LogP contribution in [0.3, 0.4) is 0 Å². The Hall–Kier alpha value is -4.18. The van der Waals surface area contributed by atoms with Crippen molar-refractivity contribution in [2.45, 2.75) is 0 Å². The molecule has 0 saturated carbocycles. The Morgan fingerprint density at radius 1 is 0.512 bits per heavy atom. The predicted molar refractivity (Wildman–Crippen MR) is 151 cm³/mol. The molecule has 0 spiro atoms. The molecule has 0 radical (unpaired) electrons. The summed E-state index contributed by atoms with van der Waals surface area (Å²) in [4.78, 5) is 26.5. The fourth-order valence-corrected chi connectivity index (χ4v) is 5.05. The van der Waals surface area contributed by atoms with E-state index in [1.54, 1.807) is 0 Å². The van der Waals surface area contributed by atoms with E-state index in [0.29, 0.717) is 60.2 Å². The van der Waals surface area contributed by atoms with Crippen molar-refractivity contribution in [1.29, 1.82) is 0 Å². The summed E-state index contributed by atoms with van der Waals surface area (Å²) in [6.45, 7) is 2.46. The second kappa shape index (κ2) is 13.5. The van der Waals surface area contributed by atoms with E-state index in [9.17, 15) is 9.59 Å². The van der Waals surface area contributed by atoms with Gasteiger partial charge < -0.3 is 33.2 Å². The van der Waals surface area contributed by atoms with Gasteiger partial charge in [-0.15, -0.1) is 0 Å². The highest BCUT2D eigenvalue weighted by Crippen LogP contribution is 2.56. The maximum absolute atomic E-state index is 13.3. The van der Waals surface area contributed by atoms with Crippen molar-refractivity contribution in [3.8, 4) is 44.9 Å². The van der Waals surface area contributed by atoms with E-state index in [0.717, 1.165) is 11.1 Å². The van der Waals surface area contributed by atoms with Crippen LogP contribution in [0.15, 0.2) is 60.7 Å². The zero-order valence-corrected chi connectivity index (χ0v) is 23.1. The lowest BCUT2D eigenvalue weighted by Gasteiger charge is -2.14. The summed E-state index contributed by atoms with van der Waals surface area (Å²) in [7, 11) is 2.67. The Balaban J connectivity index is 1.82. The molecule has 214 valence electrons. The molecule has 9 nitrogen and oxygen atoms in total. The predicted octanol–water partition coefficient (Wildman–Crippen LogP) is 4.96. The van der Waals surface area contributed by atoms with Crippen molar-refractivity contribution in [2.24, 2.45) is 0 Å². The second-order valence-electron chi connectivity index (χ2n) is 9.15.